The molecule has 0 radical (unpaired) electrons. The molecule has 0 unspecified atom stereocenters. The fourth-order valence-corrected chi connectivity index (χ4v) is 4.96. The highest BCUT2D eigenvalue weighted by Crippen LogP contribution is 2.35. The Morgan fingerprint density at radius 3 is 2.33 bits per heavy atom. The highest BCUT2D eigenvalue weighted by molar-refractivity contribution is 7.08. The Kier molecular flexibility index (Phi) is 6.35. The van der Waals surface area contributed by atoms with Crippen LogP contribution in [0.3, 0.4) is 0 Å². The molecular formula is C22H24N4O2S2. The van der Waals surface area contributed by atoms with Gasteiger partial charge in [0.2, 0.25) is 0 Å². The highest BCUT2D eigenvalue weighted by atomic mass is 32.1. The zero-order valence-electron chi connectivity index (χ0n) is 16.8. The number of nitrogens with two attached hydrogens (primary N) is 1. The van der Waals surface area contributed by atoms with E-state index in [1.807, 2.05) is 6.07 Å². The number of ether oxygens (including phenoxy) is 1. The van der Waals surface area contributed by atoms with Crippen molar-refractivity contribution in [3.63, 3.8) is 0 Å². The average Bonchev–Trinajstić information content (AvgIpc) is 3.46. The summed E-state index contributed by atoms with van der Waals surface area (Å²) in [5, 5.41) is 11.3. The maximum Gasteiger partial charge on any atom is 0.411 e. The van der Waals surface area contributed by atoms with E-state index in [1.165, 1.54) is 22.3 Å². The molecule has 156 valence electrons. The Hall–Kier alpha value is -2.84. The minimum Gasteiger partial charge on any atom is -0.450 e. The van der Waals surface area contributed by atoms with Gasteiger partial charge >= 0.3 is 6.09 Å². The molecule has 3 aromatic rings. The molecule has 0 bridgehead atoms. The summed E-state index contributed by atoms with van der Waals surface area (Å²) in [6.07, 6.45) is 1.43. The third-order valence-electron chi connectivity index (χ3n) is 5.09. The highest BCUT2D eigenvalue weighted by Gasteiger charge is 2.21. The molecule has 1 aliphatic heterocycles. The summed E-state index contributed by atoms with van der Waals surface area (Å²) < 4.78 is 4.90. The number of nitrogens with zero attached hydrogens (tertiary/aromatic N) is 2. The standard InChI is InChI=1S/C22H24N4O2S2/c1-2-28-22(27)24-18-3-4-19(25-21(18)23)26-9-5-15(6-10-26)20(16-7-11-29-13-16)17-8-12-30-14-17/h3-4,7-8,11-14H,2,5-6,9-10H2,1H3,(H2,23,25)(H,24,27). The molecule has 1 fully saturated rings. The van der Waals surface area contributed by atoms with Crippen molar-refractivity contribution >= 4 is 51.7 Å². The normalized spacial score (nSPS) is 13.9. The first kappa shape index (κ1) is 20.4. The smallest absolute Gasteiger partial charge is 0.411 e. The molecule has 4 heterocycles. The topological polar surface area (TPSA) is 80.5 Å². The summed E-state index contributed by atoms with van der Waals surface area (Å²) in [6, 6.07) is 8.08. The number of nitrogen functional groups attached to an aromatic ring is 1. The largest absolute Gasteiger partial charge is 0.450 e. The summed E-state index contributed by atoms with van der Waals surface area (Å²) in [6.45, 7) is 3.82. The Balaban J connectivity index is 1.49. The molecule has 3 N–H and O–H groups in total. The molecule has 8 heteroatoms. The lowest BCUT2D eigenvalue weighted by atomic mass is 9.91. The summed E-state index contributed by atoms with van der Waals surface area (Å²) in [7, 11) is 0. The lowest BCUT2D eigenvalue weighted by molar-refractivity contribution is 0.168. The summed E-state index contributed by atoms with van der Waals surface area (Å²) in [5.41, 5.74) is 12.0. The second-order valence-electron chi connectivity index (χ2n) is 6.94. The monoisotopic (exact) mass is 440 g/mol. The van der Waals surface area contributed by atoms with Crippen LogP contribution in [0, 0.1) is 0 Å². The van der Waals surface area contributed by atoms with E-state index in [2.05, 4.69) is 48.9 Å². The van der Waals surface area contributed by atoms with Crippen LogP contribution in [0.1, 0.15) is 30.9 Å². The number of pyridine rings is 1. The first-order valence-corrected chi connectivity index (χ1v) is 11.8. The number of carbonyl (C=O) groups is 1. The van der Waals surface area contributed by atoms with Crippen LogP contribution in [0.4, 0.5) is 22.1 Å². The number of anilines is 3. The van der Waals surface area contributed by atoms with Crippen molar-refractivity contribution in [2.45, 2.75) is 19.8 Å². The minimum atomic E-state index is -0.527. The van der Waals surface area contributed by atoms with E-state index >= 15 is 0 Å². The molecule has 4 rings (SSSR count). The number of carbonyl (C=O) groups excluding carboxylic acids is 1. The molecule has 1 saturated heterocycles. The van der Waals surface area contributed by atoms with Gasteiger partial charge in [-0.05, 0) is 82.3 Å². The Bertz CT molecular complexity index is 983. The Morgan fingerprint density at radius 2 is 1.80 bits per heavy atom. The Morgan fingerprint density at radius 1 is 1.13 bits per heavy atom. The van der Waals surface area contributed by atoms with Crippen molar-refractivity contribution in [2.24, 2.45) is 0 Å². The van der Waals surface area contributed by atoms with Gasteiger partial charge in [0.1, 0.15) is 11.6 Å². The molecular weight excluding hydrogens is 416 g/mol. The van der Waals surface area contributed by atoms with Gasteiger partial charge in [0.25, 0.3) is 0 Å². The summed E-state index contributed by atoms with van der Waals surface area (Å²) in [4.78, 5) is 18.4. The average molecular weight is 441 g/mol. The predicted molar refractivity (Wildman–Crippen MR) is 125 cm³/mol. The van der Waals surface area contributed by atoms with Gasteiger partial charge in [-0.15, -0.1) is 0 Å². The SMILES string of the molecule is CCOC(=O)Nc1ccc(N2CCC(=C(c3ccsc3)c3ccsc3)CC2)nc1N. The lowest BCUT2D eigenvalue weighted by Gasteiger charge is -2.31. The molecule has 0 aliphatic carbocycles. The number of thiophene rings is 2. The van der Waals surface area contributed by atoms with Crippen LogP contribution in [0.2, 0.25) is 0 Å². The van der Waals surface area contributed by atoms with Crippen molar-refractivity contribution in [3.05, 3.63) is 62.5 Å². The third-order valence-corrected chi connectivity index (χ3v) is 6.45. The van der Waals surface area contributed by atoms with Crippen LogP contribution >= 0.6 is 22.7 Å². The van der Waals surface area contributed by atoms with Crippen molar-refractivity contribution in [1.29, 1.82) is 0 Å². The van der Waals surface area contributed by atoms with E-state index in [4.69, 9.17) is 10.5 Å². The van der Waals surface area contributed by atoms with Gasteiger partial charge in [0.05, 0.1) is 12.3 Å². The first-order chi connectivity index (χ1) is 14.7. The van der Waals surface area contributed by atoms with Crippen LogP contribution in [0.5, 0.6) is 0 Å². The van der Waals surface area contributed by atoms with Crippen molar-refractivity contribution in [1.82, 2.24) is 4.98 Å². The van der Waals surface area contributed by atoms with Crippen LogP contribution < -0.4 is 16.0 Å². The second kappa shape index (κ2) is 9.32. The van der Waals surface area contributed by atoms with E-state index in [0.717, 1.165) is 31.7 Å². The van der Waals surface area contributed by atoms with Crippen molar-refractivity contribution < 1.29 is 9.53 Å². The van der Waals surface area contributed by atoms with Crippen molar-refractivity contribution in [3.8, 4) is 0 Å². The predicted octanol–water partition coefficient (Wildman–Crippen LogP) is 5.46. The van der Waals surface area contributed by atoms with Gasteiger partial charge in [-0.1, -0.05) is 5.57 Å². The second-order valence-corrected chi connectivity index (χ2v) is 8.50. The fraction of sp³-hybridized carbons (Fsp3) is 0.273. The quantitative estimate of drug-likeness (QED) is 0.551. The summed E-state index contributed by atoms with van der Waals surface area (Å²) in [5.74, 6) is 1.12. The number of piperidine rings is 1. The molecule has 1 aliphatic rings. The fourth-order valence-electron chi connectivity index (χ4n) is 3.67. The molecule has 0 aromatic carbocycles. The van der Waals surface area contributed by atoms with Gasteiger partial charge in [-0.2, -0.15) is 22.7 Å². The van der Waals surface area contributed by atoms with Gasteiger partial charge in [0.15, 0.2) is 0 Å². The van der Waals surface area contributed by atoms with E-state index in [9.17, 15) is 4.79 Å². The van der Waals surface area contributed by atoms with Crippen LogP contribution in [-0.2, 0) is 4.74 Å². The minimum absolute atomic E-state index is 0.291. The number of aromatic nitrogens is 1. The zero-order chi connectivity index (χ0) is 20.9. The third kappa shape index (κ3) is 4.49. The number of amides is 1. The summed E-state index contributed by atoms with van der Waals surface area (Å²) >= 11 is 3.47. The van der Waals surface area contributed by atoms with Crippen LogP contribution in [-0.4, -0.2) is 30.8 Å². The molecule has 6 nitrogen and oxygen atoms in total. The molecule has 0 spiro atoms. The number of hydrogen-bond acceptors (Lipinski definition) is 7. The molecule has 0 saturated carbocycles. The molecule has 0 atom stereocenters. The molecule has 1 amide bonds. The maximum atomic E-state index is 11.6. The first-order valence-electron chi connectivity index (χ1n) is 9.88. The molecule has 3 aromatic heterocycles. The van der Waals surface area contributed by atoms with Gasteiger partial charge in [-0.3, -0.25) is 5.32 Å². The van der Waals surface area contributed by atoms with Crippen molar-refractivity contribution in [2.75, 3.05) is 35.6 Å². The van der Waals surface area contributed by atoms with E-state index in [-0.39, 0.29) is 0 Å². The van der Waals surface area contributed by atoms with Gasteiger partial charge in [-0.25, -0.2) is 9.78 Å². The number of nitrogens with one attached hydrogen (secondary N) is 1. The number of hydrogen-bond donors (Lipinski definition) is 2. The van der Waals surface area contributed by atoms with E-state index in [0.29, 0.717) is 18.1 Å². The van der Waals surface area contributed by atoms with Crippen LogP contribution in [0.15, 0.2) is 51.4 Å². The van der Waals surface area contributed by atoms with Gasteiger partial charge < -0.3 is 15.4 Å². The van der Waals surface area contributed by atoms with Gasteiger partial charge in [0, 0.05) is 13.1 Å². The lowest BCUT2D eigenvalue weighted by Crippen LogP contribution is -2.31. The van der Waals surface area contributed by atoms with E-state index < -0.39 is 6.09 Å². The van der Waals surface area contributed by atoms with E-state index in [1.54, 1.807) is 35.7 Å². The zero-order valence-corrected chi connectivity index (χ0v) is 18.4. The number of rotatable bonds is 5. The maximum absolute atomic E-state index is 11.6. The van der Waals surface area contributed by atoms with Crippen LogP contribution in [0.25, 0.3) is 5.57 Å². The Labute approximate surface area is 184 Å². The molecule has 30 heavy (non-hydrogen) atoms.